The maximum absolute atomic E-state index is 3.78. The summed E-state index contributed by atoms with van der Waals surface area (Å²) in [7, 11) is 0. The van der Waals surface area contributed by atoms with Crippen molar-refractivity contribution in [2.24, 2.45) is 11.8 Å². The Labute approximate surface area is 124 Å². The number of nitrogens with one attached hydrogen (secondary N) is 1. The maximum Gasteiger partial charge on any atom is 0.00683 e. The van der Waals surface area contributed by atoms with Crippen LogP contribution in [0.2, 0.25) is 0 Å². The Kier molecular flexibility index (Phi) is 5.13. The molecule has 1 heteroatoms. The zero-order chi connectivity index (χ0) is 13.6. The SMILES string of the molecule is c1ccc(CCCC(CNC2CC2)C2CCCC2)cc1. The van der Waals surface area contributed by atoms with Crippen LogP contribution in [0.5, 0.6) is 0 Å². The molecular weight excluding hydrogens is 242 g/mol. The maximum atomic E-state index is 3.78. The van der Waals surface area contributed by atoms with Gasteiger partial charge < -0.3 is 5.32 Å². The molecule has 1 aromatic carbocycles. The minimum Gasteiger partial charge on any atom is -0.314 e. The summed E-state index contributed by atoms with van der Waals surface area (Å²) in [6.45, 7) is 1.28. The van der Waals surface area contributed by atoms with E-state index < -0.39 is 0 Å². The second-order valence-electron chi connectivity index (χ2n) is 6.86. The molecule has 2 aliphatic carbocycles. The third-order valence-corrected chi connectivity index (χ3v) is 5.20. The van der Waals surface area contributed by atoms with Crippen LogP contribution in [-0.4, -0.2) is 12.6 Å². The van der Waals surface area contributed by atoms with Gasteiger partial charge in [-0.3, -0.25) is 0 Å². The predicted octanol–water partition coefficient (Wildman–Crippen LogP) is 4.57. The normalized spacial score (nSPS) is 21.2. The third kappa shape index (κ3) is 4.34. The molecule has 0 aromatic heterocycles. The summed E-state index contributed by atoms with van der Waals surface area (Å²) in [6, 6.07) is 11.9. The van der Waals surface area contributed by atoms with Crippen molar-refractivity contribution in [1.82, 2.24) is 5.32 Å². The monoisotopic (exact) mass is 271 g/mol. The van der Waals surface area contributed by atoms with Gasteiger partial charge in [-0.05, 0) is 56.0 Å². The standard InChI is InChI=1S/C19H29N/c1-2-7-16(8-3-1)9-6-12-18(15-20-19-13-14-19)17-10-4-5-11-17/h1-3,7-8,17-20H,4-6,9-15H2. The quantitative estimate of drug-likeness (QED) is 0.730. The Morgan fingerprint density at radius 2 is 1.75 bits per heavy atom. The lowest BCUT2D eigenvalue weighted by Gasteiger charge is -2.24. The molecular formula is C19H29N. The van der Waals surface area contributed by atoms with E-state index >= 15 is 0 Å². The molecule has 3 rings (SSSR count). The van der Waals surface area contributed by atoms with Crippen LogP contribution in [0.25, 0.3) is 0 Å². The Balaban J connectivity index is 1.44. The van der Waals surface area contributed by atoms with Gasteiger partial charge in [0.2, 0.25) is 0 Å². The topological polar surface area (TPSA) is 12.0 Å². The molecule has 0 spiro atoms. The van der Waals surface area contributed by atoms with Gasteiger partial charge in [0.25, 0.3) is 0 Å². The van der Waals surface area contributed by atoms with E-state index in [1.54, 1.807) is 0 Å². The largest absolute Gasteiger partial charge is 0.314 e. The molecule has 110 valence electrons. The lowest BCUT2D eigenvalue weighted by atomic mass is 9.86. The zero-order valence-electron chi connectivity index (χ0n) is 12.7. The van der Waals surface area contributed by atoms with Gasteiger partial charge in [0.05, 0.1) is 0 Å². The first kappa shape index (κ1) is 14.1. The molecule has 0 heterocycles. The average Bonchev–Trinajstić information content (AvgIpc) is 3.16. The van der Waals surface area contributed by atoms with Crippen molar-refractivity contribution in [3.05, 3.63) is 35.9 Å². The highest BCUT2D eigenvalue weighted by molar-refractivity contribution is 5.14. The third-order valence-electron chi connectivity index (χ3n) is 5.20. The average molecular weight is 271 g/mol. The molecule has 0 aliphatic heterocycles. The number of hydrogen-bond donors (Lipinski definition) is 1. The van der Waals surface area contributed by atoms with E-state index in [0.717, 1.165) is 17.9 Å². The van der Waals surface area contributed by atoms with Crippen molar-refractivity contribution < 1.29 is 0 Å². The molecule has 1 unspecified atom stereocenters. The van der Waals surface area contributed by atoms with Gasteiger partial charge in [-0.15, -0.1) is 0 Å². The number of benzene rings is 1. The van der Waals surface area contributed by atoms with Crippen LogP contribution in [0.4, 0.5) is 0 Å². The Bertz CT molecular complexity index is 376. The van der Waals surface area contributed by atoms with Crippen LogP contribution in [-0.2, 0) is 6.42 Å². The summed E-state index contributed by atoms with van der Waals surface area (Å²) < 4.78 is 0. The van der Waals surface area contributed by atoms with E-state index in [-0.39, 0.29) is 0 Å². The molecule has 0 bridgehead atoms. The highest BCUT2D eigenvalue weighted by Crippen LogP contribution is 2.34. The molecule has 1 nitrogen and oxygen atoms in total. The fourth-order valence-corrected chi connectivity index (χ4v) is 3.75. The first-order valence-electron chi connectivity index (χ1n) is 8.69. The van der Waals surface area contributed by atoms with Gasteiger partial charge in [-0.1, -0.05) is 56.0 Å². The van der Waals surface area contributed by atoms with Crippen molar-refractivity contribution in [2.75, 3.05) is 6.54 Å². The first-order chi connectivity index (χ1) is 9.92. The van der Waals surface area contributed by atoms with Crippen LogP contribution < -0.4 is 5.32 Å². The van der Waals surface area contributed by atoms with E-state index in [4.69, 9.17) is 0 Å². The minimum atomic E-state index is 0.869. The van der Waals surface area contributed by atoms with Crippen molar-refractivity contribution in [3.63, 3.8) is 0 Å². The smallest absolute Gasteiger partial charge is 0.00683 e. The highest BCUT2D eigenvalue weighted by Gasteiger charge is 2.27. The van der Waals surface area contributed by atoms with Crippen molar-refractivity contribution in [3.8, 4) is 0 Å². The molecule has 0 radical (unpaired) electrons. The van der Waals surface area contributed by atoms with Crippen molar-refractivity contribution >= 4 is 0 Å². The molecule has 1 N–H and O–H groups in total. The Morgan fingerprint density at radius 1 is 1.00 bits per heavy atom. The first-order valence-corrected chi connectivity index (χ1v) is 8.69. The highest BCUT2D eigenvalue weighted by atomic mass is 14.9. The molecule has 2 aliphatic rings. The second-order valence-corrected chi connectivity index (χ2v) is 6.86. The summed E-state index contributed by atoms with van der Waals surface area (Å²) in [5, 5.41) is 3.78. The lowest BCUT2D eigenvalue weighted by molar-refractivity contribution is 0.298. The van der Waals surface area contributed by atoms with Crippen LogP contribution in [0.1, 0.15) is 56.9 Å². The molecule has 1 atom stereocenters. The van der Waals surface area contributed by atoms with E-state index in [2.05, 4.69) is 35.6 Å². The zero-order valence-corrected chi connectivity index (χ0v) is 12.7. The number of hydrogen-bond acceptors (Lipinski definition) is 1. The predicted molar refractivity (Wildman–Crippen MR) is 85.9 cm³/mol. The summed E-state index contributed by atoms with van der Waals surface area (Å²) in [6.07, 6.45) is 12.8. The number of rotatable bonds is 8. The minimum absolute atomic E-state index is 0.869. The molecule has 0 saturated heterocycles. The van der Waals surface area contributed by atoms with E-state index in [1.165, 1.54) is 69.9 Å². The summed E-state index contributed by atoms with van der Waals surface area (Å²) in [4.78, 5) is 0. The molecule has 20 heavy (non-hydrogen) atoms. The van der Waals surface area contributed by atoms with Gasteiger partial charge in [0.15, 0.2) is 0 Å². The Hall–Kier alpha value is -0.820. The number of aryl methyl sites for hydroxylation is 1. The van der Waals surface area contributed by atoms with Gasteiger partial charge in [-0.25, -0.2) is 0 Å². The van der Waals surface area contributed by atoms with E-state index in [1.807, 2.05) is 0 Å². The fraction of sp³-hybridized carbons (Fsp3) is 0.684. The summed E-state index contributed by atoms with van der Waals surface area (Å²) >= 11 is 0. The molecule has 2 saturated carbocycles. The molecule has 1 aromatic rings. The van der Waals surface area contributed by atoms with Gasteiger partial charge in [-0.2, -0.15) is 0 Å². The summed E-state index contributed by atoms with van der Waals surface area (Å²) in [5.41, 5.74) is 1.51. The van der Waals surface area contributed by atoms with E-state index in [9.17, 15) is 0 Å². The summed E-state index contributed by atoms with van der Waals surface area (Å²) in [5.74, 6) is 1.94. The van der Waals surface area contributed by atoms with Crippen LogP contribution in [0, 0.1) is 11.8 Å². The van der Waals surface area contributed by atoms with Crippen LogP contribution in [0.15, 0.2) is 30.3 Å². The van der Waals surface area contributed by atoms with Crippen molar-refractivity contribution in [1.29, 1.82) is 0 Å². The van der Waals surface area contributed by atoms with Crippen LogP contribution in [0.3, 0.4) is 0 Å². The lowest BCUT2D eigenvalue weighted by Crippen LogP contribution is -2.29. The van der Waals surface area contributed by atoms with Gasteiger partial charge in [0.1, 0.15) is 0 Å². The Morgan fingerprint density at radius 3 is 2.45 bits per heavy atom. The second kappa shape index (κ2) is 7.26. The molecule has 2 fully saturated rings. The van der Waals surface area contributed by atoms with Gasteiger partial charge in [0, 0.05) is 6.04 Å². The van der Waals surface area contributed by atoms with E-state index in [0.29, 0.717) is 0 Å². The van der Waals surface area contributed by atoms with Crippen LogP contribution >= 0.6 is 0 Å². The fourth-order valence-electron chi connectivity index (χ4n) is 3.75. The molecule has 0 amide bonds. The van der Waals surface area contributed by atoms with Crippen molar-refractivity contribution in [2.45, 2.75) is 63.8 Å². The van der Waals surface area contributed by atoms with Gasteiger partial charge >= 0.3 is 0 Å².